The van der Waals surface area contributed by atoms with Crippen LogP contribution in [0.15, 0.2) is 0 Å². The van der Waals surface area contributed by atoms with Crippen LogP contribution in [0.3, 0.4) is 0 Å². The molecule has 0 unspecified atom stereocenters. The van der Waals surface area contributed by atoms with E-state index >= 15 is 0 Å². The molecule has 0 aliphatic rings. The highest BCUT2D eigenvalue weighted by Gasteiger charge is 2.23. The number of aromatic amines is 1. The van der Waals surface area contributed by atoms with Crippen LogP contribution in [0.1, 0.15) is 10.6 Å². The van der Waals surface area contributed by atoms with Gasteiger partial charge in [0.2, 0.25) is 0 Å². The van der Waals surface area contributed by atoms with Gasteiger partial charge in [-0.2, -0.15) is 5.21 Å². The molecule has 0 fully saturated rings. The van der Waals surface area contributed by atoms with Crippen molar-refractivity contribution in [3.05, 3.63) is 15.9 Å². The van der Waals surface area contributed by atoms with Crippen molar-refractivity contribution in [2.45, 2.75) is 0 Å². The van der Waals surface area contributed by atoms with Crippen molar-refractivity contribution in [2.75, 3.05) is 0 Å². The molecule has 0 saturated heterocycles. The average molecular weight is 143 g/mol. The van der Waals surface area contributed by atoms with E-state index in [9.17, 15) is 14.9 Å². The Kier molecular flexibility index (Phi) is 1.36. The van der Waals surface area contributed by atoms with Gasteiger partial charge >= 0.3 is 11.7 Å². The molecule has 0 radical (unpaired) electrons. The number of rotatable bonds is 1. The number of nitrogens with one attached hydrogen (secondary N) is 1. The molecule has 0 atom stereocenters. The number of nitro groups is 1. The molecule has 0 saturated carbocycles. The number of H-pyrrole nitrogens is 1. The number of carbonyl (C=O) groups excluding carboxylic acids is 1. The van der Waals surface area contributed by atoms with Gasteiger partial charge < -0.3 is 0 Å². The van der Waals surface area contributed by atoms with E-state index in [4.69, 9.17) is 0 Å². The quantitative estimate of drug-likeness (QED) is 0.382. The molecule has 10 heavy (non-hydrogen) atoms. The van der Waals surface area contributed by atoms with Crippen molar-refractivity contribution < 1.29 is 9.72 Å². The van der Waals surface area contributed by atoms with Gasteiger partial charge in [0.15, 0.2) is 0 Å². The van der Waals surface area contributed by atoms with E-state index < -0.39 is 16.7 Å². The normalized spacial score (nSPS) is 9.20. The molecule has 1 aromatic rings. The third-order valence-electron chi connectivity index (χ3n) is 0.702. The Balaban J connectivity index is 2.88. The van der Waals surface area contributed by atoms with Crippen molar-refractivity contribution in [1.82, 2.24) is 20.6 Å². The summed E-state index contributed by atoms with van der Waals surface area (Å²) in [4.78, 5) is 18.9. The summed E-state index contributed by atoms with van der Waals surface area (Å²) in [5.74, 6) is -1.90. The van der Waals surface area contributed by atoms with Gasteiger partial charge in [-0.3, -0.25) is 10.1 Å². The smallest absolute Gasteiger partial charge is 0.255 e. The predicted octanol–water partition coefficient (Wildman–Crippen LogP) is -1.38. The lowest BCUT2D eigenvalue weighted by Gasteiger charge is -1.78. The summed E-state index contributed by atoms with van der Waals surface area (Å²) in [6.07, 6.45) is 0. The topological polar surface area (TPSA) is 115 Å². The third-order valence-corrected chi connectivity index (χ3v) is 0.702. The van der Waals surface area contributed by atoms with Crippen molar-refractivity contribution in [2.24, 2.45) is 0 Å². The molecule has 1 heterocycles. The van der Waals surface area contributed by atoms with E-state index in [1.807, 2.05) is 5.21 Å². The maximum atomic E-state index is 10.3. The Labute approximate surface area is 53.4 Å². The summed E-state index contributed by atoms with van der Waals surface area (Å²) in [6.45, 7) is 0. The first-order chi connectivity index (χ1) is 4.72. The molecule has 0 aliphatic carbocycles. The van der Waals surface area contributed by atoms with E-state index in [1.165, 1.54) is 0 Å². The van der Waals surface area contributed by atoms with Crippen LogP contribution in [0.2, 0.25) is 0 Å². The maximum absolute atomic E-state index is 10.3. The largest absolute Gasteiger partial charge is 0.517 e. The molecule has 0 spiro atoms. The molecule has 0 aromatic carbocycles. The Morgan fingerprint density at radius 1 is 1.70 bits per heavy atom. The van der Waals surface area contributed by atoms with Crippen molar-refractivity contribution in [3.8, 4) is 0 Å². The van der Waals surface area contributed by atoms with Gasteiger partial charge in [0, 0.05) is 0 Å². The van der Waals surface area contributed by atoms with Crippen molar-refractivity contribution >= 4 is 5.91 Å². The van der Waals surface area contributed by atoms with Crippen LogP contribution in [-0.4, -0.2) is 31.5 Å². The van der Waals surface area contributed by atoms with Crippen LogP contribution < -0.4 is 0 Å². The van der Waals surface area contributed by atoms with E-state index in [2.05, 4.69) is 15.4 Å². The van der Waals surface area contributed by atoms with Gasteiger partial charge in [-0.25, -0.2) is 4.79 Å². The van der Waals surface area contributed by atoms with Gasteiger partial charge in [-0.15, -0.1) is 5.10 Å². The SMILES string of the molecule is O=C(c1nn[nH]n1)[N+](=O)[O-]. The number of hydrogen-bond donors (Lipinski definition) is 1. The van der Waals surface area contributed by atoms with Crippen LogP contribution in [0.5, 0.6) is 0 Å². The first-order valence-corrected chi connectivity index (χ1v) is 2.14. The van der Waals surface area contributed by atoms with E-state index in [-0.39, 0.29) is 0 Å². The Bertz CT molecular complexity index is 252. The fourth-order valence-corrected chi connectivity index (χ4v) is 0.334. The second-order valence-corrected chi connectivity index (χ2v) is 1.30. The molecular weight excluding hydrogens is 142 g/mol. The third kappa shape index (κ3) is 0.940. The lowest BCUT2D eigenvalue weighted by molar-refractivity contribution is -0.375. The number of tetrazole rings is 1. The minimum atomic E-state index is -1.37. The van der Waals surface area contributed by atoms with Crippen LogP contribution in [0.25, 0.3) is 0 Å². The summed E-state index contributed by atoms with van der Waals surface area (Å²) in [6, 6.07) is 0. The molecule has 1 amide bonds. The van der Waals surface area contributed by atoms with Gasteiger partial charge in [0.25, 0.3) is 0 Å². The Hall–Kier alpha value is -1.86. The molecule has 1 N–H and O–H groups in total. The molecule has 8 heteroatoms. The molecule has 1 rings (SSSR count). The van der Waals surface area contributed by atoms with E-state index in [0.29, 0.717) is 0 Å². The second-order valence-electron chi connectivity index (χ2n) is 1.30. The fraction of sp³-hybridized carbons (Fsp3) is 0. The van der Waals surface area contributed by atoms with E-state index in [0.717, 1.165) is 0 Å². The van der Waals surface area contributed by atoms with Gasteiger partial charge in [0.1, 0.15) is 4.92 Å². The Morgan fingerprint density at radius 2 is 2.40 bits per heavy atom. The highest BCUT2D eigenvalue weighted by atomic mass is 16.6. The molecule has 8 nitrogen and oxygen atoms in total. The first-order valence-electron chi connectivity index (χ1n) is 2.14. The molecule has 1 aromatic heterocycles. The summed E-state index contributed by atoms with van der Waals surface area (Å²) in [7, 11) is 0. The maximum Gasteiger partial charge on any atom is 0.517 e. The van der Waals surface area contributed by atoms with Gasteiger partial charge in [0.05, 0.1) is 0 Å². The number of hydrogen-bond acceptors (Lipinski definition) is 6. The summed E-state index contributed by atoms with van der Waals surface area (Å²) >= 11 is 0. The van der Waals surface area contributed by atoms with Gasteiger partial charge in [-0.05, 0) is 5.21 Å². The van der Waals surface area contributed by atoms with E-state index in [1.54, 1.807) is 0 Å². The van der Waals surface area contributed by atoms with Crippen molar-refractivity contribution in [1.29, 1.82) is 0 Å². The predicted molar refractivity (Wildman–Crippen MR) is 25.5 cm³/mol. The lowest BCUT2D eigenvalue weighted by Crippen LogP contribution is -2.13. The van der Waals surface area contributed by atoms with Crippen LogP contribution >= 0.6 is 0 Å². The summed E-state index contributed by atoms with van der Waals surface area (Å²) in [5, 5.41) is 20.8. The highest BCUT2D eigenvalue weighted by molar-refractivity contribution is 5.82. The number of nitrogens with zero attached hydrogens (tertiary/aromatic N) is 4. The van der Waals surface area contributed by atoms with Crippen molar-refractivity contribution in [3.63, 3.8) is 0 Å². The minimum Gasteiger partial charge on any atom is -0.255 e. The molecule has 0 aliphatic heterocycles. The summed E-state index contributed by atoms with van der Waals surface area (Å²) in [5.41, 5.74) is 0. The lowest BCUT2D eigenvalue weighted by atomic mass is 10.6. The fourth-order valence-electron chi connectivity index (χ4n) is 0.334. The van der Waals surface area contributed by atoms with Crippen LogP contribution in [-0.2, 0) is 0 Å². The zero-order valence-electron chi connectivity index (χ0n) is 4.51. The standard InChI is InChI=1S/C2HN5O3/c8-2(7(9)10)1-3-5-6-4-1/h(H,3,4,5,6). The molecule has 0 bridgehead atoms. The van der Waals surface area contributed by atoms with Gasteiger partial charge in [-0.1, -0.05) is 5.10 Å². The monoisotopic (exact) mass is 143 g/mol. The average Bonchev–Trinajstić information content (AvgIpc) is 2.36. The zero-order chi connectivity index (χ0) is 7.56. The number of aromatic nitrogens is 4. The van der Waals surface area contributed by atoms with Crippen LogP contribution in [0, 0.1) is 10.1 Å². The highest BCUT2D eigenvalue weighted by Crippen LogP contribution is 1.85. The number of carbonyl (C=O) groups is 1. The second kappa shape index (κ2) is 2.17. The number of amides is 1. The summed E-state index contributed by atoms with van der Waals surface area (Å²) < 4.78 is 0. The molecule has 52 valence electrons. The zero-order valence-corrected chi connectivity index (χ0v) is 4.51. The minimum absolute atomic E-state index is 0.537. The molecular formula is C2HN5O3. The van der Waals surface area contributed by atoms with Crippen LogP contribution in [0.4, 0.5) is 0 Å². The Morgan fingerprint density at radius 3 is 2.80 bits per heavy atom. The first kappa shape index (κ1) is 6.26.